The summed E-state index contributed by atoms with van der Waals surface area (Å²) in [5, 5.41) is 0. The molecule has 1 unspecified atom stereocenters. The van der Waals surface area contributed by atoms with Crippen molar-refractivity contribution in [1.82, 2.24) is 0 Å². The second-order valence-corrected chi connectivity index (χ2v) is 5.95. The van der Waals surface area contributed by atoms with E-state index in [-0.39, 0.29) is 17.5 Å². The minimum absolute atomic E-state index is 0.0360. The van der Waals surface area contributed by atoms with Crippen LogP contribution < -0.4 is 0 Å². The largest absolute Gasteiger partial charge is 0.462 e. The molecule has 0 saturated carbocycles. The van der Waals surface area contributed by atoms with Gasteiger partial charge < -0.3 is 4.74 Å². The molecule has 2 heteroatoms. The van der Waals surface area contributed by atoms with E-state index in [1.54, 1.807) is 0 Å². The van der Waals surface area contributed by atoms with Crippen molar-refractivity contribution in [1.29, 1.82) is 0 Å². The van der Waals surface area contributed by atoms with E-state index in [0.717, 1.165) is 19.3 Å². The van der Waals surface area contributed by atoms with Gasteiger partial charge in [0, 0.05) is 0 Å². The molecule has 0 amide bonds. The number of rotatable bonds is 7. The summed E-state index contributed by atoms with van der Waals surface area (Å²) in [5.41, 5.74) is -0.375. The molecule has 0 spiro atoms. The first kappa shape index (κ1) is 16.5. The number of unbranched alkanes of at least 4 members (excludes halogenated alkanes) is 1. The molecule has 0 radical (unpaired) electrons. The Morgan fingerprint density at radius 2 is 1.59 bits per heavy atom. The average molecular weight is 242 g/mol. The maximum absolute atomic E-state index is 12.3. The fourth-order valence-corrected chi connectivity index (χ4v) is 2.00. The summed E-state index contributed by atoms with van der Waals surface area (Å²) < 4.78 is 5.60. The number of hydrogen-bond acceptors (Lipinski definition) is 2. The Hall–Kier alpha value is -0.530. The molecule has 0 heterocycles. The summed E-state index contributed by atoms with van der Waals surface area (Å²) in [5.74, 6) is 0.563. The van der Waals surface area contributed by atoms with Gasteiger partial charge in [-0.25, -0.2) is 0 Å². The summed E-state index contributed by atoms with van der Waals surface area (Å²) in [6.45, 7) is 14.6. The number of hydrogen-bond donors (Lipinski definition) is 0. The van der Waals surface area contributed by atoms with Crippen molar-refractivity contribution in [3.8, 4) is 0 Å². The van der Waals surface area contributed by atoms with E-state index in [1.807, 2.05) is 13.8 Å². The Kier molecular flexibility index (Phi) is 6.81. The molecular formula is C15H30O2. The Bertz CT molecular complexity index is 223. The van der Waals surface area contributed by atoms with E-state index in [0.29, 0.717) is 11.8 Å². The zero-order valence-corrected chi connectivity index (χ0v) is 12.7. The van der Waals surface area contributed by atoms with Crippen LogP contribution >= 0.6 is 0 Å². The molecule has 0 aromatic carbocycles. The molecule has 0 aromatic heterocycles. The van der Waals surface area contributed by atoms with Crippen LogP contribution in [0.5, 0.6) is 0 Å². The Labute approximate surface area is 107 Å². The summed E-state index contributed by atoms with van der Waals surface area (Å²) >= 11 is 0. The van der Waals surface area contributed by atoms with Crippen molar-refractivity contribution in [3.63, 3.8) is 0 Å². The Morgan fingerprint density at radius 3 is 1.94 bits per heavy atom. The molecule has 0 aliphatic carbocycles. The Morgan fingerprint density at radius 1 is 1.12 bits per heavy atom. The lowest BCUT2D eigenvalue weighted by atomic mass is 9.70. The van der Waals surface area contributed by atoms with Gasteiger partial charge in [0.2, 0.25) is 0 Å². The zero-order valence-electron chi connectivity index (χ0n) is 12.7. The van der Waals surface area contributed by atoms with Crippen LogP contribution in [0.3, 0.4) is 0 Å². The second-order valence-electron chi connectivity index (χ2n) is 5.95. The van der Waals surface area contributed by atoms with E-state index < -0.39 is 0 Å². The van der Waals surface area contributed by atoms with Gasteiger partial charge in [0.05, 0.1) is 11.5 Å². The number of esters is 1. The summed E-state index contributed by atoms with van der Waals surface area (Å²) in [4.78, 5) is 12.3. The standard InChI is InChI=1S/C15H30O2/c1-8-9-10-13(6)17-14(16)15(7,11(2)3)12(4)5/h11-13H,8-10H2,1-7H3. The fourth-order valence-electron chi connectivity index (χ4n) is 2.00. The highest BCUT2D eigenvalue weighted by atomic mass is 16.5. The average Bonchev–Trinajstić information content (AvgIpc) is 2.24. The molecule has 0 saturated heterocycles. The van der Waals surface area contributed by atoms with Gasteiger partial charge in [-0.2, -0.15) is 0 Å². The van der Waals surface area contributed by atoms with Crippen LogP contribution in [0.25, 0.3) is 0 Å². The number of carbonyl (C=O) groups excluding carboxylic acids is 1. The second kappa shape index (κ2) is 7.03. The van der Waals surface area contributed by atoms with Crippen molar-refractivity contribution in [2.45, 2.75) is 73.8 Å². The molecule has 2 nitrogen and oxygen atoms in total. The lowest BCUT2D eigenvalue weighted by molar-refractivity contribution is -0.166. The quantitative estimate of drug-likeness (QED) is 0.617. The van der Waals surface area contributed by atoms with Gasteiger partial charge in [-0.05, 0) is 32.1 Å². The van der Waals surface area contributed by atoms with E-state index in [2.05, 4.69) is 34.6 Å². The summed E-state index contributed by atoms with van der Waals surface area (Å²) in [6.07, 6.45) is 3.27. The predicted molar refractivity (Wildman–Crippen MR) is 72.9 cm³/mol. The topological polar surface area (TPSA) is 26.3 Å². The molecule has 0 bridgehead atoms. The summed E-state index contributed by atoms with van der Waals surface area (Å²) in [7, 11) is 0. The van der Waals surface area contributed by atoms with Crippen molar-refractivity contribution in [2.24, 2.45) is 17.3 Å². The molecule has 17 heavy (non-hydrogen) atoms. The van der Waals surface area contributed by atoms with Gasteiger partial charge in [-0.15, -0.1) is 0 Å². The van der Waals surface area contributed by atoms with Gasteiger partial charge in [0.15, 0.2) is 0 Å². The highest BCUT2D eigenvalue weighted by Gasteiger charge is 2.41. The first-order chi connectivity index (χ1) is 7.76. The molecule has 0 aliphatic heterocycles. The van der Waals surface area contributed by atoms with E-state index in [4.69, 9.17) is 4.74 Å². The third-order valence-corrected chi connectivity index (χ3v) is 4.11. The third-order valence-electron chi connectivity index (χ3n) is 4.11. The van der Waals surface area contributed by atoms with Gasteiger partial charge in [0.25, 0.3) is 0 Å². The zero-order chi connectivity index (χ0) is 13.6. The molecule has 0 fully saturated rings. The van der Waals surface area contributed by atoms with E-state index in [1.165, 1.54) is 0 Å². The van der Waals surface area contributed by atoms with E-state index >= 15 is 0 Å². The SMILES string of the molecule is CCCCC(C)OC(=O)C(C)(C(C)C)C(C)C. The van der Waals surface area contributed by atoms with Crippen LogP contribution in [0.1, 0.15) is 67.7 Å². The van der Waals surface area contributed by atoms with Crippen LogP contribution in [0.2, 0.25) is 0 Å². The molecule has 102 valence electrons. The van der Waals surface area contributed by atoms with Crippen LogP contribution in [-0.2, 0) is 9.53 Å². The van der Waals surface area contributed by atoms with Gasteiger partial charge >= 0.3 is 5.97 Å². The molecular weight excluding hydrogens is 212 g/mol. The lowest BCUT2D eigenvalue weighted by Gasteiger charge is -2.36. The fraction of sp³-hybridized carbons (Fsp3) is 0.933. The third kappa shape index (κ3) is 4.33. The van der Waals surface area contributed by atoms with Crippen molar-refractivity contribution >= 4 is 5.97 Å². The number of ether oxygens (including phenoxy) is 1. The van der Waals surface area contributed by atoms with Crippen LogP contribution in [0.15, 0.2) is 0 Å². The normalized spacial score (nSPS) is 14.2. The van der Waals surface area contributed by atoms with Crippen molar-refractivity contribution < 1.29 is 9.53 Å². The van der Waals surface area contributed by atoms with Crippen LogP contribution in [0.4, 0.5) is 0 Å². The molecule has 0 aromatic rings. The van der Waals surface area contributed by atoms with Gasteiger partial charge in [-0.1, -0.05) is 47.5 Å². The van der Waals surface area contributed by atoms with Crippen LogP contribution in [-0.4, -0.2) is 12.1 Å². The summed E-state index contributed by atoms with van der Waals surface area (Å²) in [6, 6.07) is 0. The predicted octanol–water partition coefficient (Wildman–Crippen LogP) is 4.43. The van der Waals surface area contributed by atoms with Crippen molar-refractivity contribution in [2.75, 3.05) is 0 Å². The van der Waals surface area contributed by atoms with Crippen LogP contribution in [0, 0.1) is 17.3 Å². The van der Waals surface area contributed by atoms with Crippen molar-refractivity contribution in [3.05, 3.63) is 0 Å². The molecule has 0 rings (SSSR count). The molecule has 0 N–H and O–H groups in total. The van der Waals surface area contributed by atoms with Gasteiger partial charge in [-0.3, -0.25) is 4.79 Å². The smallest absolute Gasteiger partial charge is 0.312 e. The monoisotopic (exact) mass is 242 g/mol. The molecule has 1 atom stereocenters. The first-order valence-corrected chi connectivity index (χ1v) is 6.97. The molecule has 0 aliphatic rings. The highest BCUT2D eigenvalue weighted by molar-refractivity contribution is 5.77. The minimum Gasteiger partial charge on any atom is -0.462 e. The van der Waals surface area contributed by atoms with E-state index in [9.17, 15) is 4.79 Å². The lowest BCUT2D eigenvalue weighted by Crippen LogP contribution is -2.41. The first-order valence-electron chi connectivity index (χ1n) is 6.97. The maximum Gasteiger partial charge on any atom is 0.312 e. The highest BCUT2D eigenvalue weighted by Crippen LogP contribution is 2.37. The maximum atomic E-state index is 12.3. The minimum atomic E-state index is -0.375. The Balaban J connectivity index is 4.55. The van der Waals surface area contributed by atoms with Gasteiger partial charge in [0.1, 0.15) is 0 Å². The number of carbonyl (C=O) groups is 1.